The number of rotatable bonds is 4. The van der Waals surface area contributed by atoms with Crippen LogP contribution >= 0.6 is 15.9 Å². The zero-order chi connectivity index (χ0) is 10.4. The van der Waals surface area contributed by atoms with Crippen molar-refractivity contribution in [2.75, 3.05) is 6.61 Å². The molecule has 1 rings (SSSR count). The van der Waals surface area contributed by atoms with Gasteiger partial charge < -0.3 is 4.74 Å². The van der Waals surface area contributed by atoms with Crippen LogP contribution in [0, 0.1) is 0 Å². The van der Waals surface area contributed by atoms with Crippen molar-refractivity contribution in [2.24, 2.45) is 0 Å². The van der Waals surface area contributed by atoms with E-state index in [1.54, 1.807) is 12.1 Å². The van der Waals surface area contributed by atoms with Crippen LogP contribution in [0.3, 0.4) is 0 Å². The molecule has 0 aliphatic heterocycles. The van der Waals surface area contributed by atoms with Crippen LogP contribution in [0.2, 0.25) is 0 Å². The molecular formula is C11H11BrO2. The first-order valence-electron chi connectivity index (χ1n) is 4.27. The Kier molecular flexibility index (Phi) is 4.40. The number of ether oxygens (including phenoxy) is 1. The topological polar surface area (TPSA) is 26.3 Å². The molecule has 1 aromatic rings. The summed E-state index contributed by atoms with van der Waals surface area (Å²) in [7, 11) is 0. The van der Waals surface area contributed by atoms with Gasteiger partial charge in [-0.15, -0.1) is 0 Å². The lowest BCUT2D eigenvalue weighted by Gasteiger charge is -2.07. The van der Waals surface area contributed by atoms with Crippen LogP contribution in [0.4, 0.5) is 0 Å². The van der Waals surface area contributed by atoms with Crippen LogP contribution in [-0.2, 0) is 0 Å². The van der Waals surface area contributed by atoms with Crippen molar-refractivity contribution in [1.29, 1.82) is 0 Å². The van der Waals surface area contributed by atoms with Gasteiger partial charge in [-0.25, -0.2) is 0 Å². The van der Waals surface area contributed by atoms with Gasteiger partial charge in [0.2, 0.25) is 0 Å². The predicted octanol–water partition coefficient (Wildman–Crippen LogP) is 3.22. The average Bonchev–Trinajstić information content (AvgIpc) is 2.20. The summed E-state index contributed by atoms with van der Waals surface area (Å²) in [5.41, 5.74) is 0.559. The second kappa shape index (κ2) is 5.60. The van der Waals surface area contributed by atoms with E-state index in [4.69, 9.17) is 4.74 Å². The highest BCUT2D eigenvalue weighted by atomic mass is 79.9. The number of allylic oxidation sites excluding steroid dienone is 1. The molecule has 3 heteroatoms. The summed E-state index contributed by atoms with van der Waals surface area (Å²) in [6, 6.07) is 5.37. The van der Waals surface area contributed by atoms with Crippen LogP contribution < -0.4 is 4.74 Å². The van der Waals surface area contributed by atoms with Crippen molar-refractivity contribution < 1.29 is 9.53 Å². The second-order valence-electron chi connectivity index (χ2n) is 2.66. The van der Waals surface area contributed by atoms with Gasteiger partial charge in [0.25, 0.3) is 0 Å². The van der Waals surface area contributed by atoms with Crippen molar-refractivity contribution in [3.8, 4) is 5.75 Å². The standard InChI is InChI=1S/C11H11BrO2/c1-2-3-7-14-11-9(8-13)5-4-6-10(11)12/h2-6,8H,7H2,1H3/b3-2+. The molecule has 0 aliphatic rings. The first kappa shape index (κ1) is 11.0. The Morgan fingerprint density at radius 3 is 2.93 bits per heavy atom. The van der Waals surface area contributed by atoms with Gasteiger partial charge in [-0.2, -0.15) is 0 Å². The molecule has 0 atom stereocenters. The smallest absolute Gasteiger partial charge is 0.153 e. The van der Waals surface area contributed by atoms with E-state index in [0.29, 0.717) is 17.9 Å². The van der Waals surface area contributed by atoms with E-state index >= 15 is 0 Å². The third kappa shape index (κ3) is 2.70. The molecule has 0 N–H and O–H groups in total. The minimum Gasteiger partial charge on any atom is -0.488 e. The summed E-state index contributed by atoms with van der Waals surface area (Å²) in [5, 5.41) is 0. The largest absolute Gasteiger partial charge is 0.488 e. The van der Waals surface area contributed by atoms with Gasteiger partial charge in [0, 0.05) is 0 Å². The lowest BCUT2D eigenvalue weighted by Crippen LogP contribution is -1.97. The number of halogens is 1. The van der Waals surface area contributed by atoms with E-state index in [0.717, 1.165) is 10.8 Å². The van der Waals surface area contributed by atoms with E-state index < -0.39 is 0 Å². The summed E-state index contributed by atoms with van der Waals surface area (Å²) in [6.45, 7) is 2.39. The van der Waals surface area contributed by atoms with Crippen LogP contribution in [-0.4, -0.2) is 12.9 Å². The minimum absolute atomic E-state index is 0.472. The average molecular weight is 255 g/mol. The Balaban J connectivity index is 2.87. The van der Waals surface area contributed by atoms with E-state index in [1.807, 2.05) is 25.1 Å². The van der Waals surface area contributed by atoms with Crippen LogP contribution in [0.15, 0.2) is 34.8 Å². The summed E-state index contributed by atoms with van der Waals surface area (Å²) in [6.07, 6.45) is 4.57. The number of benzene rings is 1. The predicted molar refractivity (Wildman–Crippen MR) is 59.8 cm³/mol. The van der Waals surface area contributed by atoms with Gasteiger partial charge in [0.15, 0.2) is 6.29 Å². The number of hydrogen-bond acceptors (Lipinski definition) is 2. The second-order valence-corrected chi connectivity index (χ2v) is 3.51. The van der Waals surface area contributed by atoms with Gasteiger partial charge in [-0.1, -0.05) is 18.2 Å². The van der Waals surface area contributed by atoms with E-state index in [9.17, 15) is 4.79 Å². The first-order valence-corrected chi connectivity index (χ1v) is 5.06. The highest BCUT2D eigenvalue weighted by Gasteiger charge is 2.05. The third-order valence-corrected chi connectivity index (χ3v) is 2.31. The molecule has 0 aliphatic carbocycles. The molecule has 14 heavy (non-hydrogen) atoms. The molecule has 2 nitrogen and oxygen atoms in total. The molecule has 1 aromatic carbocycles. The fourth-order valence-corrected chi connectivity index (χ4v) is 1.49. The Hall–Kier alpha value is -1.09. The maximum Gasteiger partial charge on any atom is 0.153 e. The maximum absolute atomic E-state index is 10.7. The van der Waals surface area contributed by atoms with Crippen molar-refractivity contribution in [1.82, 2.24) is 0 Å². The molecule has 0 bridgehead atoms. The summed E-state index contributed by atoms with van der Waals surface area (Å²) < 4.78 is 6.23. The van der Waals surface area contributed by atoms with Crippen molar-refractivity contribution in [2.45, 2.75) is 6.92 Å². The summed E-state index contributed by atoms with van der Waals surface area (Å²) in [5.74, 6) is 0.598. The molecule has 0 aromatic heterocycles. The SMILES string of the molecule is C/C=C/COc1c(Br)cccc1C=O. The highest BCUT2D eigenvalue weighted by Crippen LogP contribution is 2.27. The van der Waals surface area contributed by atoms with Gasteiger partial charge in [-0.05, 0) is 35.0 Å². The lowest BCUT2D eigenvalue weighted by molar-refractivity contribution is 0.112. The maximum atomic E-state index is 10.7. The van der Waals surface area contributed by atoms with Gasteiger partial charge >= 0.3 is 0 Å². The Morgan fingerprint density at radius 2 is 2.29 bits per heavy atom. The van der Waals surface area contributed by atoms with Gasteiger partial charge in [0.1, 0.15) is 12.4 Å². The lowest BCUT2D eigenvalue weighted by atomic mass is 10.2. The molecule has 0 saturated carbocycles. The van der Waals surface area contributed by atoms with Crippen LogP contribution in [0.1, 0.15) is 17.3 Å². The zero-order valence-electron chi connectivity index (χ0n) is 7.87. The van der Waals surface area contributed by atoms with E-state index in [-0.39, 0.29) is 0 Å². The number of hydrogen-bond donors (Lipinski definition) is 0. The first-order chi connectivity index (χ1) is 6.79. The van der Waals surface area contributed by atoms with Gasteiger partial charge in [0.05, 0.1) is 10.0 Å². The fourth-order valence-electron chi connectivity index (χ4n) is 0.998. The normalized spacial score (nSPS) is 10.4. The Labute approximate surface area is 91.7 Å². The van der Waals surface area contributed by atoms with Gasteiger partial charge in [-0.3, -0.25) is 4.79 Å². The Bertz CT molecular complexity index is 345. The number of para-hydroxylation sites is 1. The highest BCUT2D eigenvalue weighted by molar-refractivity contribution is 9.10. The van der Waals surface area contributed by atoms with Crippen LogP contribution in [0.25, 0.3) is 0 Å². The fraction of sp³-hybridized carbons (Fsp3) is 0.182. The Morgan fingerprint density at radius 1 is 1.50 bits per heavy atom. The minimum atomic E-state index is 0.472. The summed E-state index contributed by atoms with van der Waals surface area (Å²) in [4.78, 5) is 10.7. The molecule has 0 fully saturated rings. The number of carbonyl (C=O) groups is 1. The summed E-state index contributed by atoms with van der Waals surface area (Å²) >= 11 is 3.33. The number of aldehydes is 1. The number of carbonyl (C=O) groups excluding carboxylic acids is 1. The quantitative estimate of drug-likeness (QED) is 0.610. The molecule has 0 heterocycles. The zero-order valence-corrected chi connectivity index (χ0v) is 9.45. The van der Waals surface area contributed by atoms with Crippen molar-refractivity contribution in [3.63, 3.8) is 0 Å². The monoisotopic (exact) mass is 254 g/mol. The third-order valence-electron chi connectivity index (χ3n) is 1.68. The van der Waals surface area contributed by atoms with E-state index in [2.05, 4.69) is 15.9 Å². The molecule has 0 amide bonds. The molecule has 0 unspecified atom stereocenters. The van der Waals surface area contributed by atoms with E-state index in [1.165, 1.54) is 0 Å². The van der Waals surface area contributed by atoms with Crippen LogP contribution in [0.5, 0.6) is 5.75 Å². The molecule has 0 radical (unpaired) electrons. The van der Waals surface area contributed by atoms with Crippen molar-refractivity contribution >= 4 is 22.2 Å². The van der Waals surface area contributed by atoms with Crippen molar-refractivity contribution in [3.05, 3.63) is 40.4 Å². The molecule has 0 saturated heterocycles. The molecule has 74 valence electrons. The molecular weight excluding hydrogens is 244 g/mol. The molecule has 0 spiro atoms.